The van der Waals surface area contributed by atoms with Crippen molar-refractivity contribution in [3.05, 3.63) is 10.2 Å². The van der Waals surface area contributed by atoms with Crippen molar-refractivity contribution in [1.82, 2.24) is 0 Å². The number of ether oxygens (including phenoxy) is 2. The molecule has 0 aliphatic carbocycles. The van der Waals surface area contributed by atoms with E-state index >= 15 is 0 Å². The van der Waals surface area contributed by atoms with Crippen LogP contribution in [0.3, 0.4) is 0 Å². The van der Waals surface area contributed by atoms with Gasteiger partial charge in [0.2, 0.25) is 0 Å². The molecule has 1 saturated heterocycles. The Hall–Kier alpha value is 0.459. The third-order valence-electron chi connectivity index (χ3n) is 2.77. The van der Waals surface area contributed by atoms with Crippen molar-refractivity contribution in [2.45, 2.75) is 53.4 Å². The predicted molar refractivity (Wildman–Crippen MR) is 66.6 cm³/mol. The molecular weight excluding hydrogens is 295 g/mol. The van der Waals surface area contributed by atoms with Gasteiger partial charge in [0.25, 0.3) is 0 Å². The molecule has 1 atom stereocenters. The summed E-state index contributed by atoms with van der Waals surface area (Å²) in [5.41, 5.74) is 0. The molecule has 1 fully saturated rings. The second-order valence-electron chi connectivity index (χ2n) is 5.31. The molecule has 88 valence electrons. The second kappa shape index (κ2) is 5.19. The fourth-order valence-corrected chi connectivity index (χ4v) is 3.95. The zero-order chi connectivity index (χ0) is 11.5. The summed E-state index contributed by atoms with van der Waals surface area (Å²) in [6.07, 6.45) is 4.28. The SMILES string of the molecule is CCC1(CC)OC[C@H](/C=[CH]/[Sn]([CH3])([CH3])[CH3])O1. The van der Waals surface area contributed by atoms with Crippen molar-refractivity contribution >= 4 is 18.4 Å². The molecule has 15 heavy (non-hydrogen) atoms. The van der Waals surface area contributed by atoms with Gasteiger partial charge in [-0.3, -0.25) is 0 Å². The number of hydrogen-bond acceptors (Lipinski definition) is 2. The summed E-state index contributed by atoms with van der Waals surface area (Å²) < 4.78 is 14.1. The molecule has 0 unspecified atom stereocenters. The maximum absolute atomic E-state index is 5.97. The monoisotopic (exact) mass is 320 g/mol. The van der Waals surface area contributed by atoms with Crippen LogP contribution in [0.25, 0.3) is 0 Å². The van der Waals surface area contributed by atoms with Crippen LogP contribution >= 0.6 is 0 Å². The van der Waals surface area contributed by atoms with Gasteiger partial charge in [-0.05, 0) is 0 Å². The molecule has 1 aliphatic rings. The third-order valence-corrected chi connectivity index (χ3v) is 6.17. The molecule has 0 radical (unpaired) electrons. The summed E-state index contributed by atoms with van der Waals surface area (Å²) in [7, 11) is 0. The van der Waals surface area contributed by atoms with Gasteiger partial charge in [0, 0.05) is 0 Å². The topological polar surface area (TPSA) is 18.5 Å². The Balaban J connectivity index is 2.53. The Morgan fingerprint density at radius 2 is 1.87 bits per heavy atom. The van der Waals surface area contributed by atoms with E-state index in [-0.39, 0.29) is 11.9 Å². The Kier molecular flexibility index (Phi) is 4.68. The summed E-state index contributed by atoms with van der Waals surface area (Å²) in [5, 5.41) is 0. The van der Waals surface area contributed by atoms with Crippen molar-refractivity contribution in [2.75, 3.05) is 6.61 Å². The molecule has 1 heterocycles. The quantitative estimate of drug-likeness (QED) is 0.740. The molecule has 0 aromatic carbocycles. The number of rotatable bonds is 4. The predicted octanol–water partition coefficient (Wildman–Crippen LogP) is 3.35. The first-order valence-corrected chi connectivity index (χ1v) is 16.1. The molecule has 0 spiro atoms. The average Bonchev–Trinajstić information content (AvgIpc) is 2.58. The van der Waals surface area contributed by atoms with E-state index in [9.17, 15) is 0 Å². The molecule has 0 aromatic heterocycles. The molecule has 1 rings (SSSR count). The molecule has 3 heteroatoms. The fraction of sp³-hybridized carbons (Fsp3) is 0.833. The van der Waals surface area contributed by atoms with Crippen molar-refractivity contribution in [3.63, 3.8) is 0 Å². The van der Waals surface area contributed by atoms with Crippen molar-refractivity contribution < 1.29 is 9.47 Å². The Morgan fingerprint density at radius 1 is 1.27 bits per heavy atom. The van der Waals surface area contributed by atoms with Crippen LogP contribution in [-0.4, -0.2) is 36.9 Å². The summed E-state index contributed by atoms with van der Waals surface area (Å²) >= 11 is -1.78. The minimum absolute atomic E-state index is 0.181. The molecule has 2 nitrogen and oxygen atoms in total. The van der Waals surface area contributed by atoms with E-state index in [4.69, 9.17) is 9.47 Å². The molecule has 0 amide bonds. The normalized spacial score (nSPS) is 26.3. The van der Waals surface area contributed by atoms with Crippen LogP contribution in [0.1, 0.15) is 26.7 Å². The van der Waals surface area contributed by atoms with E-state index in [2.05, 4.69) is 38.8 Å². The van der Waals surface area contributed by atoms with Crippen LogP contribution in [0, 0.1) is 0 Å². The van der Waals surface area contributed by atoms with E-state index in [1.807, 2.05) is 0 Å². The van der Waals surface area contributed by atoms with Gasteiger partial charge in [0.05, 0.1) is 0 Å². The van der Waals surface area contributed by atoms with Crippen LogP contribution in [0.15, 0.2) is 10.2 Å². The van der Waals surface area contributed by atoms with Gasteiger partial charge in [-0.25, -0.2) is 0 Å². The average molecular weight is 319 g/mol. The van der Waals surface area contributed by atoms with E-state index in [1.165, 1.54) is 0 Å². The summed E-state index contributed by atoms with van der Waals surface area (Å²) in [6.45, 7) is 4.97. The van der Waals surface area contributed by atoms with E-state index in [1.54, 1.807) is 0 Å². The molecule has 0 aromatic rings. The molecule has 0 bridgehead atoms. The zero-order valence-corrected chi connectivity index (χ0v) is 13.5. The van der Waals surface area contributed by atoms with Gasteiger partial charge < -0.3 is 0 Å². The first kappa shape index (κ1) is 13.5. The molecule has 0 N–H and O–H groups in total. The summed E-state index contributed by atoms with van der Waals surface area (Å²) in [4.78, 5) is 7.19. The first-order chi connectivity index (χ1) is 6.91. The minimum atomic E-state index is -1.78. The van der Waals surface area contributed by atoms with Gasteiger partial charge >= 0.3 is 98.0 Å². The van der Waals surface area contributed by atoms with E-state index < -0.39 is 18.4 Å². The van der Waals surface area contributed by atoms with E-state index in [0.29, 0.717) is 0 Å². The van der Waals surface area contributed by atoms with Gasteiger partial charge in [0.1, 0.15) is 0 Å². The molecular formula is C12H24O2Sn. The second-order valence-corrected chi connectivity index (χ2v) is 19.8. The first-order valence-electron chi connectivity index (χ1n) is 5.92. The Morgan fingerprint density at radius 3 is 2.27 bits per heavy atom. The van der Waals surface area contributed by atoms with Gasteiger partial charge in [-0.1, -0.05) is 0 Å². The van der Waals surface area contributed by atoms with Crippen LogP contribution in [0.2, 0.25) is 14.8 Å². The van der Waals surface area contributed by atoms with Crippen LogP contribution in [0.5, 0.6) is 0 Å². The third kappa shape index (κ3) is 4.08. The molecule has 0 saturated carbocycles. The maximum atomic E-state index is 5.97. The Bertz CT molecular complexity index is 226. The van der Waals surface area contributed by atoms with E-state index in [0.717, 1.165) is 19.4 Å². The number of hydrogen-bond donors (Lipinski definition) is 0. The van der Waals surface area contributed by atoms with Crippen LogP contribution < -0.4 is 0 Å². The van der Waals surface area contributed by atoms with Crippen molar-refractivity contribution in [3.8, 4) is 0 Å². The van der Waals surface area contributed by atoms with Gasteiger partial charge in [-0.15, -0.1) is 0 Å². The van der Waals surface area contributed by atoms with Crippen molar-refractivity contribution in [1.29, 1.82) is 0 Å². The van der Waals surface area contributed by atoms with Crippen LogP contribution in [0.4, 0.5) is 0 Å². The Labute approximate surface area is 97.9 Å². The zero-order valence-electron chi connectivity index (χ0n) is 10.7. The van der Waals surface area contributed by atoms with Gasteiger partial charge in [0.15, 0.2) is 0 Å². The van der Waals surface area contributed by atoms with Crippen molar-refractivity contribution in [2.24, 2.45) is 0 Å². The summed E-state index contributed by atoms with van der Waals surface area (Å²) in [5.74, 6) is -0.303. The summed E-state index contributed by atoms with van der Waals surface area (Å²) in [6, 6.07) is 0. The standard InChI is InChI=1S/C9H15O2.3CH3.Sn/c1-4-8-7-10-9(5-2,6-3)11-8;;;;/h1,4,8H,5-7H2,2-3H3;3*1H3;/t8-;;;;/m0..../s1. The van der Waals surface area contributed by atoms with Crippen LogP contribution in [-0.2, 0) is 9.47 Å². The van der Waals surface area contributed by atoms with Gasteiger partial charge in [-0.2, -0.15) is 0 Å². The fourth-order valence-electron chi connectivity index (χ4n) is 1.69. The molecule has 1 aliphatic heterocycles.